The van der Waals surface area contributed by atoms with Crippen LogP contribution in [0.4, 0.5) is 26.3 Å². The molecule has 0 aliphatic rings. The molecule has 0 N–H and O–H groups in total. The van der Waals surface area contributed by atoms with Gasteiger partial charge >= 0.3 is 24.3 Å². The summed E-state index contributed by atoms with van der Waals surface area (Å²) in [7, 11) is 0. The molecule has 1 rings (SSSR count). The molecule has 0 aliphatic heterocycles. The number of halogens is 6. The summed E-state index contributed by atoms with van der Waals surface area (Å²) >= 11 is 0. The van der Waals surface area contributed by atoms with Crippen LogP contribution in [0.1, 0.15) is 10.4 Å². The Hall–Kier alpha value is -2.24. The van der Waals surface area contributed by atoms with Crippen molar-refractivity contribution in [2.75, 3.05) is 13.2 Å². The fourth-order valence-electron chi connectivity index (χ4n) is 1.23. The zero-order valence-corrected chi connectivity index (χ0v) is 10.9. The van der Waals surface area contributed by atoms with Crippen LogP contribution < -0.4 is 5.11 Å². The van der Waals surface area contributed by atoms with Crippen molar-refractivity contribution in [3.05, 3.63) is 24.2 Å². The van der Waals surface area contributed by atoms with Crippen LogP contribution >= 0.6 is 0 Å². The third kappa shape index (κ3) is 3.94. The lowest BCUT2D eigenvalue weighted by Gasteiger charge is -2.40. The molecule has 0 amide bonds. The van der Waals surface area contributed by atoms with E-state index >= 15 is 0 Å². The van der Waals surface area contributed by atoms with Gasteiger partial charge in [-0.25, -0.2) is 4.79 Å². The van der Waals surface area contributed by atoms with Crippen LogP contribution in [0, 0.1) is 0 Å². The second-order valence-corrected chi connectivity index (χ2v) is 3.96. The lowest BCUT2D eigenvalue weighted by molar-refractivity contribution is -0.574. The van der Waals surface area contributed by atoms with Gasteiger partial charge in [0.1, 0.15) is 19.5 Å². The van der Waals surface area contributed by atoms with Gasteiger partial charge in [0, 0.05) is 0 Å². The Balaban J connectivity index is 2.59. The topological polar surface area (TPSA) is 88.8 Å². The van der Waals surface area contributed by atoms with E-state index in [1.807, 2.05) is 0 Å². The van der Waals surface area contributed by atoms with Crippen molar-refractivity contribution in [2.24, 2.45) is 0 Å². The van der Waals surface area contributed by atoms with Crippen molar-refractivity contribution in [1.82, 2.24) is 0 Å². The highest BCUT2D eigenvalue weighted by atomic mass is 19.4. The Morgan fingerprint density at radius 3 is 2.00 bits per heavy atom. The van der Waals surface area contributed by atoms with Gasteiger partial charge in [0.05, 0.1) is 11.8 Å². The zero-order valence-electron chi connectivity index (χ0n) is 10.9. The van der Waals surface area contributed by atoms with E-state index in [9.17, 15) is 41.0 Å². The number of rotatable bonds is 5. The summed E-state index contributed by atoms with van der Waals surface area (Å²) in [6, 6.07) is 1.17. The molecule has 1 aromatic rings. The van der Waals surface area contributed by atoms with Gasteiger partial charge in [-0.3, -0.25) is 4.79 Å². The molecule has 0 aromatic carbocycles. The van der Waals surface area contributed by atoms with Crippen LogP contribution in [0.25, 0.3) is 0 Å². The fourth-order valence-corrected chi connectivity index (χ4v) is 1.23. The summed E-state index contributed by atoms with van der Waals surface area (Å²) in [6.45, 7) is -2.03. The van der Waals surface area contributed by atoms with Gasteiger partial charge in [0.25, 0.3) is 0 Å². The maximum Gasteiger partial charge on any atom is 0.399 e. The van der Waals surface area contributed by atoms with Crippen molar-refractivity contribution in [3.8, 4) is 0 Å². The third-order valence-electron chi connectivity index (χ3n) is 2.39. The molecule has 0 fully saturated rings. The summed E-state index contributed by atoms with van der Waals surface area (Å²) in [6.07, 6.45) is -10.8. The Bertz CT molecular complexity index is 532. The van der Waals surface area contributed by atoms with E-state index in [4.69, 9.17) is 0 Å². The molecule has 0 aliphatic carbocycles. The van der Waals surface area contributed by atoms with Crippen molar-refractivity contribution in [2.45, 2.75) is 18.0 Å². The Kier molecular flexibility index (Phi) is 5.30. The van der Waals surface area contributed by atoms with Gasteiger partial charge in [-0.05, 0) is 6.07 Å². The van der Waals surface area contributed by atoms with Crippen LogP contribution in [0.3, 0.4) is 0 Å². The number of esters is 2. The molecule has 23 heavy (non-hydrogen) atoms. The Morgan fingerprint density at radius 1 is 1.04 bits per heavy atom. The van der Waals surface area contributed by atoms with Crippen LogP contribution in [0.5, 0.6) is 0 Å². The Labute approximate surface area is 123 Å². The number of hydrogen-bond donors (Lipinski definition) is 0. The van der Waals surface area contributed by atoms with Gasteiger partial charge in [-0.1, -0.05) is 0 Å². The van der Waals surface area contributed by atoms with Gasteiger partial charge in [-0.2, -0.15) is 26.3 Å². The van der Waals surface area contributed by atoms with Gasteiger partial charge in [0.2, 0.25) is 0 Å². The number of furan rings is 1. The molecular weight excluding hydrogens is 342 g/mol. The average molecular weight is 349 g/mol. The number of carbonyl (C=O) groups is 2. The van der Waals surface area contributed by atoms with Crippen molar-refractivity contribution >= 4 is 11.9 Å². The van der Waals surface area contributed by atoms with Gasteiger partial charge in [0.15, 0.2) is 5.60 Å². The SMILES string of the molecule is O=C(OCCOC(=O)C([O-])(C(F)(F)F)C(F)(F)F)c1ccoc1. The van der Waals surface area contributed by atoms with E-state index in [1.54, 1.807) is 0 Å². The minimum atomic E-state index is -6.45. The predicted molar refractivity (Wildman–Crippen MR) is 54.8 cm³/mol. The highest BCUT2D eigenvalue weighted by molar-refractivity contribution is 5.88. The molecule has 0 radical (unpaired) electrons. The molecule has 1 heterocycles. The highest BCUT2D eigenvalue weighted by Crippen LogP contribution is 2.41. The first-order valence-electron chi connectivity index (χ1n) is 5.61. The summed E-state index contributed by atoms with van der Waals surface area (Å²) in [4.78, 5) is 22.1. The largest absolute Gasteiger partial charge is 0.828 e. The molecule has 0 saturated heterocycles. The molecule has 0 unspecified atom stereocenters. The number of ether oxygens (including phenoxy) is 2. The van der Waals surface area contributed by atoms with E-state index in [1.165, 1.54) is 6.07 Å². The third-order valence-corrected chi connectivity index (χ3v) is 2.39. The minimum Gasteiger partial charge on any atom is -0.828 e. The maximum absolute atomic E-state index is 12.2. The number of alkyl halides is 6. The quantitative estimate of drug-likeness (QED) is 0.451. The molecule has 0 saturated carbocycles. The molecule has 0 spiro atoms. The molecule has 6 nitrogen and oxygen atoms in total. The van der Waals surface area contributed by atoms with Crippen molar-refractivity contribution in [3.63, 3.8) is 0 Å². The molecular formula is C11H7F6O6-. The summed E-state index contributed by atoms with van der Waals surface area (Å²) in [5.74, 6) is -4.10. The molecule has 130 valence electrons. The van der Waals surface area contributed by atoms with Crippen LogP contribution in [0.2, 0.25) is 0 Å². The number of carbonyl (C=O) groups excluding carboxylic acids is 2. The van der Waals surface area contributed by atoms with E-state index in [0.29, 0.717) is 0 Å². The summed E-state index contributed by atoms with van der Waals surface area (Å²) in [5.41, 5.74) is -6.01. The maximum atomic E-state index is 12.2. The minimum absolute atomic E-state index is 0.0833. The van der Waals surface area contributed by atoms with E-state index in [-0.39, 0.29) is 5.56 Å². The lowest BCUT2D eigenvalue weighted by Crippen LogP contribution is -2.71. The second kappa shape index (κ2) is 6.48. The van der Waals surface area contributed by atoms with Gasteiger partial charge in [-0.15, -0.1) is 0 Å². The van der Waals surface area contributed by atoms with Crippen LogP contribution in [0.15, 0.2) is 23.0 Å². The second-order valence-electron chi connectivity index (χ2n) is 3.96. The van der Waals surface area contributed by atoms with Gasteiger partial charge < -0.3 is 19.0 Å². The first-order chi connectivity index (χ1) is 10.4. The first kappa shape index (κ1) is 18.8. The summed E-state index contributed by atoms with van der Waals surface area (Å²) in [5, 5.41) is 10.9. The Morgan fingerprint density at radius 2 is 1.57 bits per heavy atom. The smallest absolute Gasteiger partial charge is 0.399 e. The normalized spacial score (nSPS) is 12.8. The summed E-state index contributed by atoms with van der Waals surface area (Å²) < 4.78 is 86.0. The molecule has 1 aromatic heterocycles. The van der Waals surface area contributed by atoms with Crippen LogP contribution in [-0.4, -0.2) is 43.1 Å². The average Bonchev–Trinajstić information content (AvgIpc) is 2.93. The van der Waals surface area contributed by atoms with Crippen molar-refractivity contribution in [1.29, 1.82) is 0 Å². The lowest BCUT2D eigenvalue weighted by atomic mass is 10.0. The highest BCUT2D eigenvalue weighted by Gasteiger charge is 2.68. The predicted octanol–water partition coefficient (Wildman–Crippen LogP) is 1.20. The van der Waals surface area contributed by atoms with E-state index in [0.717, 1.165) is 12.5 Å². The molecule has 0 bridgehead atoms. The van der Waals surface area contributed by atoms with Crippen LogP contribution in [-0.2, 0) is 14.3 Å². The monoisotopic (exact) mass is 349 g/mol. The zero-order chi connectivity index (χ0) is 17.9. The number of hydrogen-bond acceptors (Lipinski definition) is 6. The molecule has 12 heteroatoms. The fraction of sp³-hybridized carbons (Fsp3) is 0.455. The standard InChI is InChI=1S/C11H7F6O6/c12-10(13,14)9(20,11(15,16)17)8(19)23-4-3-22-7(18)6-1-2-21-5-6/h1-2,5H,3-4H2/q-1. The molecule has 0 atom stereocenters. The van der Waals surface area contributed by atoms with Crippen molar-refractivity contribution < 1.29 is 54.9 Å². The van der Waals surface area contributed by atoms with E-state index in [2.05, 4.69) is 13.9 Å². The first-order valence-corrected chi connectivity index (χ1v) is 5.61. The van der Waals surface area contributed by atoms with E-state index < -0.39 is 43.1 Å².